The van der Waals surface area contributed by atoms with Gasteiger partial charge in [-0.15, -0.1) is 0 Å². The fraction of sp³-hybridized carbons (Fsp3) is 0.0476. The monoisotopic (exact) mass is 412 g/mol. The van der Waals surface area contributed by atoms with Crippen molar-refractivity contribution in [2.24, 2.45) is 0 Å². The lowest BCUT2D eigenvalue weighted by molar-refractivity contribution is 0.191. The van der Waals surface area contributed by atoms with E-state index >= 15 is 0 Å². The number of hydrogen-bond acceptors (Lipinski definition) is 5. The second-order valence-electron chi connectivity index (χ2n) is 6.02. The molecule has 0 spiro atoms. The number of fused-ring (bicyclic) bond motifs is 1. The van der Waals surface area contributed by atoms with Gasteiger partial charge in [0.15, 0.2) is 5.58 Å². The van der Waals surface area contributed by atoms with Crippen LogP contribution in [0, 0.1) is 5.82 Å². The van der Waals surface area contributed by atoms with Gasteiger partial charge >= 0.3 is 6.09 Å². The lowest BCUT2D eigenvalue weighted by atomic mass is 10.1. The molecule has 0 aliphatic rings. The Labute approximate surface area is 169 Å². The Kier molecular flexibility index (Phi) is 5.05. The number of aromatic nitrogens is 1. The van der Waals surface area contributed by atoms with Crippen molar-refractivity contribution in [2.75, 3.05) is 7.05 Å². The van der Waals surface area contributed by atoms with Crippen molar-refractivity contribution in [3.05, 3.63) is 71.6 Å². The van der Waals surface area contributed by atoms with Gasteiger partial charge < -0.3 is 19.2 Å². The van der Waals surface area contributed by atoms with E-state index in [0.29, 0.717) is 33.2 Å². The van der Waals surface area contributed by atoms with Gasteiger partial charge in [0.25, 0.3) is 5.95 Å². The minimum atomic E-state index is -0.640. The molecule has 0 atom stereocenters. The minimum Gasteiger partial charge on any atom is -0.456 e. The van der Waals surface area contributed by atoms with E-state index < -0.39 is 6.09 Å². The van der Waals surface area contributed by atoms with Crippen LogP contribution in [0.2, 0.25) is 5.02 Å². The number of benzene rings is 2. The Morgan fingerprint density at radius 3 is 2.55 bits per heavy atom. The number of nitrogens with zero attached hydrogens (tertiary/aromatic N) is 1. The molecule has 1 N–H and O–H groups in total. The molecule has 0 unspecified atom stereocenters. The van der Waals surface area contributed by atoms with Crippen molar-refractivity contribution in [1.82, 2.24) is 10.3 Å². The molecule has 0 aliphatic carbocycles. The summed E-state index contributed by atoms with van der Waals surface area (Å²) in [7, 11) is 1.45. The van der Waals surface area contributed by atoms with Crippen LogP contribution in [0.25, 0.3) is 22.2 Å². The minimum absolute atomic E-state index is 0.0365. The molecule has 6 nitrogen and oxygen atoms in total. The zero-order valence-electron chi connectivity index (χ0n) is 15.1. The maximum atomic E-state index is 13.0. The number of halogens is 2. The third-order valence-electron chi connectivity index (χ3n) is 4.03. The van der Waals surface area contributed by atoms with E-state index in [0.717, 1.165) is 5.56 Å². The first-order valence-electron chi connectivity index (χ1n) is 8.54. The number of pyridine rings is 1. The van der Waals surface area contributed by atoms with Crippen LogP contribution < -0.4 is 14.8 Å². The lowest BCUT2D eigenvalue weighted by Gasteiger charge is -2.07. The highest BCUT2D eigenvalue weighted by molar-refractivity contribution is 6.35. The highest BCUT2D eigenvalue weighted by Gasteiger charge is 2.14. The normalized spacial score (nSPS) is 10.7. The summed E-state index contributed by atoms with van der Waals surface area (Å²) < 4.78 is 29.1. The van der Waals surface area contributed by atoms with E-state index in [-0.39, 0.29) is 11.8 Å². The summed E-state index contributed by atoms with van der Waals surface area (Å²) in [4.78, 5) is 15.7. The van der Waals surface area contributed by atoms with Crippen LogP contribution >= 0.6 is 11.6 Å². The Balaban J connectivity index is 1.58. The molecule has 29 heavy (non-hydrogen) atoms. The van der Waals surface area contributed by atoms with Gasteiger partial charge in [-0.2, -0.15) is 0 Å². The molecule has 2 aromatic carbocycles. The van der Waals surface area contributed by atoms with Gasteiger partial charge in [0.1, 0.15) is 17.3 Å². The highest BCUT2D eigenvalue weighted by Crippen LogP contribution is 2.35. The summed E-state index contributed by atoms with van der Waals surface area (Å²) in [5.74, 6) is 0.722. The summed E-state index contributed by atoms with van der Waals surface area (Å²) in [5.41, 5.74) is 1.82. The molecule has 1 amide bonds. The molecule has 2 aromatic heterocycles. The fourth-order valence-corrected chi connectivity index (χ4v) is 2.94. The zero-order chi connectivity index (χ0) is 20.4. The quantitative estimate of drug-likeness (QED) is 0.458. The second kappa shape index (κ2) is 7.81. The Morgan fingerprint density at radius 1 is 1.10 bits per heavy atom. The molecule has 0 radical (unpaired) electrons. The average Bonchev–Trinajstić information content (AvgIpc) is 3.13. The first-order chi connectivity index (χ1) is 14.0. The number of hydrogen-bond donors (Lipinski definition) is 1. The van der Waals surface area contributed by atoms with Crippen molar-refractivity contribution in [3.8, 4) is 28.7 Å². The number of nitrogens with one attached hydrogen (secondary N) is 1. The van der Waals surface area contributed by atoms with Crippen molar-refractivity contribution in [2.45, 2.75) is 0 Å². The van der Waals surface area contributed by atoms with Gasteiger partial charge in [-0.1, -0.05) is 11.6 Å². The Hall–Kier alpha value is -3.58. The fourth-order valence-electron chi connectivity index (χ4n) is 2.68. The molecule has 146 valence electrons. The standard InChI is InChI=1S/C21H14ClFN2O4/c1-24-21(26)29-19-10-13-8-12(9-17(22)20(13)28-19)18-7-6-16(11-25-18)27-15-4-2-14(23)3-5-15/h2-11H,1H3,(H,24,26). The van der Waals surface area contributed by atoms with Crippen molar-refractivity contribution in [3.63, 3.8) is 0 Å². The van der Waals surface area contributed by atoms with Crippen LogP contribution in [-0.2, 0) is 0 Å². The molecule has 0 bridgehead atoms. The number of furan rings is 1. The molecular weight excluding hydrogens is 399 g/mol. The molecule has 0 aliphatic heterocycles. The predicted octanol–water partition coefficient (Wildman–Crippen LogP) is 5.80. The first-order valence-corrected chi connectivity index (χ1v) is 8.92. The topological polar surface area (TPSA) is 73.6 Å². The van der Waals surface area contributed by atoms with Crippen LogP contribution in [0.5, 0.6) is 17.4 Å². The van der Waals surface area contributed by atoms with Gasteiger partial charge in [-0.3, -0.25) is 4.98 Å². The van der Waals surface area contributed by atoms with Crippen LogP contribution in [0.3, 0.4) is 0 Å². The SMILES string of the molecule is CNC(=O)Oc1cc2cc(-c3ccc(Oc4ccc(F)cc4)cn3)cc(Cl)c2o1. The van der Waals surface area contributed by atoms with Gasteiger partial charge in [0.05, 0.1) is 16.9 Å². The smallest absolute Gasteiger partial charge is 0.414 e. The summed E-state index contributed by atoms with van der Waals surface area (Å²) in [5, 5.41) is 3.37. The molecule has 4 aromatic rings. The van der Waals surface area contributed by atoms with Crippen molar-refractivity contribution in [1.29, 1.82) is 0 Å². The Bertz CT molecular complexity index is 1170. The second-order valence-corrected chi connectivity index (χ2v) is 6.42. The maximum Gasteiger partial charge on any atom is 0.414 e. The molecule has 0 saturated carbocycles. The van der Waals surface area contributed by atoms with Crippen LogP contribution in [0.4, 0.5) is 9.18 Å². The van der Waals surface area contributed by atoms with E-state index in [9.17, 15) is 9.18 Å². The summed E-state index contributed by atoms with van der Waals surface area (Å²) in [6.07, 6.45) is 0.922. The Morgan fingerprint density at radius 2 is 1.86 bits per heavy atom. The van der Waals surface area contributed by atoms with Crippen LogP contribution in [0.15, 0.2) is 65.2 Å². The van der Waals surface area contributed by atoms with Crippen LogP contribution in [0.1, 0.15) is 0 Å². The molecule has 0 saturated heterocycles. The third-order valence-corrected chi connectivity index (χ3v) is 4.31. The van der Waals surface area contributed by atoms with E-state index in [1.165, 1.54) is 31.3 Å². The zero-order valence-corrected chi connectivity index (χ0v) is 15.9. The lowest BCUT2D eigenvalue weighted by Crippen LogP contribution is -2.21. The molecule has 2 heterocycles. The summed E-state index contributed by atoms with van der Waals surface area (Å²) in [6, 6.07) is 14.3. The number of rotatable bonds is 4. The molecule has 0 fully saturated rings. The number of ether oxygens (including phenoxy) is 2. The number of carbonyl (C=O) groups excluding carboxylic acids is 1. The largest absolute Gasteiger partial charge is 0.456 e. The predicted molar refractivity (Wildman–Crippen MR) is 106 cm³/mol. The van der Waals surface area contributed by atoms with E-state index in [1.54, 1.807) is 30.5 Å². The summed E-state index contributed by atoms with van der Waals surface area (Å²) in [6.45, 7) is 0. The van der Waals surface area contributed by atoms with Gasteiger partial charge in [-0.25, -0.2) is 9.18 Å². The molecular formula is C21H14ClFN2O4. The average molecular weight is 413 g/mol. The van der Waals surface area contributed by atoms with Gasteiger partial charge in [0.2, 0.25) is 0 Å². The van der Waals surface area contributed by atoms with Crippen molar-refractivity contribution >= 4 is 28.7 Å². The summed E-state index contributed by atoms with van der Waals surface area (Å²) >= 11 is 6.31. The number of carbonyl (C=O) groups is 1. The molecule has 8 heteroatoms. The maximum absolute atomic E-state index is 13.0. The van der Waals surface area contributed by atoms with Gasteiger partial charge in [-0.05, 0) is 48.5 Å². The number of amides is 1. The van der Waals surface area contributed by atoms with E-state index in [4.69, 9.17) is 25.5 Å². The molecule has 4 rings (SSSR count). The van der Waals surface area contributed by atoms with E-state index in [1.807, 2.05) is 6.07 Å². The van der Waals surface area contributed by atoms with E-state index in [2.05, 4.69) is 10.3 Å². The van der Waals surface area contributed by atoms with Crippen molar-refractivity contribution < 1.29 is 23.1 Å². The highest BCUT2D eigenvalue weighted by atomic mass is 35.5. The first kappa shape index (κ1) is 18.8. The third kappa shape index (κ3) is 4.14. The van der Waals surface area contributed by atoms with Gasteiger partial charge in [0, 0.05) is 24.1 Å². The van der Waals surface area contributed by atoms with Crippen LogP contribution in [-0.4, -0.2) is 18.1 Å².